The van der Waals surface area contributed by atoms with Crippen LogP contribution >= 0.6 is 0 Å². The predicted octanol–water partition coefficient (Wildman–Crippen LogP) is 2.20. The van der Waals surface area contributed by atoms with Gasteiger partial charge in [-0.2, -0.15) is 0 Å². The Morgan fingerprint density at radius 1 is 1.37 bits per heavy atom. The van der Waals surface area contributed by atoms with Gasteiger partial charge in [0.1, 0.15) is 0 Å². The smallest absolute Gasteiger partial charge is 0.358 e. The quantitative estimate of drug-likeness (QED) is 0.922. The Hall–Kier alpha value is -2.31. The second kappa shape index (κ2) is 5.13. The lowest BCUT2D eigenvalue weighted by molar-refractivity contribution is 0.0689. The van der Waals surface area contributed by atoms with Crippen molar-refractivity contribution in [2.75, 3.05) is 0 Å². The van der Waals surface area contributed by atoms with E-state index < -0.39 is 17.6 Å². The molecule has 0 fully saturated rings. The molecule has 1 heterocycles. The molecule has 0 saturated heterocycles. The van der Waals surface area contributed by atoms with Gasteiger partial charge in [-0.25, -0.2) is 18.3 Å². The molecule has 0 aliphatic rings. The summed E-state index contributed by atoms with van der Waals surface area (Å²) in [5.74, 6) is -3.19. The Morgan fingerprint density at radius 2 is 2.11 bits per heavy atom. The van der Waals surface area contributed by atoms with Gasteiger partial charge in [-0.15, -0.1) is 5.10 Å². The first kappa shape index (κ1) is 13.1. The first-order valence-corrected chi connectivity index (χ1v) is 5.68. The van der Waals surface area contributed by atoms with E-state index in [0.717, 1.165) is 12.1 Å². The van der Waals surface area contributed by atoms with Crippen LogP contribution in [0, 0.1) is 11.6 Å². The third kappa shape index (κ3) is 2.44. The normalized spacial score (nSPS) is 10.7. The summed E-state index contributed by atoms with van der Waals surface area (Å²) in [6, 6.07) is 3.23. The molecule has 2 rings (SSSR count). The zero-order valence-electron chi connectivity index (χ0n) is 10.1. The van der Waals surface area contributed by atoms with Crippen molar-refractivity contribution in [3.63, 3.8) is 0 Å². The Morgan fingerprint density at radius 3 is 2.68 bits per heavy atom. The highest BCUT2D eigenvalue weighted by molar-refractivity contribution is 5.86. The van der Waals surface area contributed by atoms with Gasteiger partial charge in [0.15, 0.2) is 17.3 Å². The van der Waals surface area contributed by atoms with E-state index in [9.17, 15) is 13.6 Å². The van der Waals surface area contributed by atoms with Crippen molar-refractivity contribution in [1.29, 1.82) is 0 Å². The molecule has 0 unspecified atom stereocenters. The van der Waals surface area contributed by atoms with E-state index in [4.69, 9.17) is 5.11 Å². The third-order valence-electron chi connectivity index (χ3n) is 2.60. The van der Waals surface area contributed by atoms with E-state index in [2.05, 4.69) is 10.3 Å². The number of rotatable bonds is 4. The number of carboxylic acids is 1. The molecule has 0 bridgehead atoms. The standard InChI is InChI=1S/C12H11F2N3O2/c1-2-3-10-11(12(18)19)15-16-17(10)7-4-5-8(13)9(14)6-7/h4-6H,2-3H2,1H3,(H,18,19). The average Bonchev–Trinajstić information content (AvgIpc) is 2.77. The summed E-state index contributed by atoms with van der Waals surface area (Å²) in [4.78, 5) is 11.0. The largest absolute Gasteiger partial charge is 0.476 e. The van der Waals surface area contributed by atoms with Gasteiger partial charge >= 0.3 is 5.97 Å². The molecular weight excluding hydrogens is 256 g/mol. The summed E-state index contributed by atoms with van der Waals surface area (Å²) in [6.45, 7) is 1.87. The van der Waals surface area contributed by atoms with E-state index in [-0.39, 0.29) is 11.4 Å². The minimum absolute atomic E-state index is 0.174. The minimum atomic E-state index is -1.20. The van der Waals surface area contributed by atoms with Crippen molar-refractivity contribution in [2.24, 2.45) is 0 Å². The first-order chi connectivity index (χ1) is 9.04. The fourth-order valence-corrected chi connectivity index (χ4v) is 1.75. The van der Waals surface area contributed by atoms with Crippen LogP contribution < -0.4 is 0 Å². The highest BCUT2D eigenvalue weighted by Gasteiger charge is 2.19. The number of halogens is 2. The topological polar surface area (TPSA) is 68.0 Å². The van der Waals surface area contributed by atoms with Crippen LogP contribution in [0.2, 0.25) is 0 Å². The van der Waals surface area contributed by atoms with Gasteiger partial charge in [-0.05, 0) is 18.6 Å². The van der Waals surface area contributed by atoms with Crippen LogP contribution in [0.25, 0.3) is 5.69 Å². The van der Waals surface area contributed by atoms with E-state index in [1.54, 1.807) is 0 Å². The van der Waals surface area contributed by atoms with Crippen LogP contribution in [0.3, 0.4) is 0 Å². The molecule has 1 aromatic carbocycles. The fraction of sp³-hybridized carbons (Fsp3) is 0.250. The van der Waals surface area contributed by atoms with Gasteiger partial charge in [0.25, 0.3) is 0 Å². The Balaban J connectivity index is 2.55. The molecule has 19 heavy (non-hydrogen) atoms. The lowest BCUT2D eigenvalue weighted by Gasteiger charge is -2.06. The third-order valence-corrected chi connectivity index (χ3v) is 2.60. The van der Waals surface area contributed by atoms with Crippen molar-refractivity contribution in [1.82, 2.24) is 15.0 Å². The van der Waals surface area contributed by atoms with Crippen LogP contribution in [0.1, 0.15) is 29.5 Å². The average molecular weight is 267 g/mol. The summed E-state index contributed by atoms with van der Waals surface area (Å²) < 4.78 is 27.3. The minimum Gasteiger partial charge on any atom is -0.476 e. The number of carboxylic acid groups (broad SMARTS) is 1. The summed E-state index contributed by atoms with van der Waals surface area (Å²) in [6.07, 6.45) is 1.10. The molecule has 0 spiro atoms. The lowest BCUT2D eigenvalue weighted by Crippen LogP contribution is -2.07. The molecule has 7 heteroatoms. The fourth-order valence-electron chi connectivity index (χ4n) is 1.75. The summed E-state index contributed by atoms with van der Waals surface area (Å²) >= 11 is 0. The predicted molar refractivity (Wildman–Crippen MR) is 62.2 cm³/mol. The summed E-state index contributed by atoms with van der Waals surface area (Å²) in [7, 11) is 0. The highest BCUT2D eigenvalue weighted by Crippen LogP contribution is 2.17. The zero-order chi connectivity index (χ0) is 14.0. The van der Waals surface area contributed by atoms with Crippen LogP contribution in [0.5, 0.6) is 0 Å². The molecule has 0 amide bonds. The maximum atomic E-state index is 13.2. The maximum absolute atomic E-state index is 13.2. The molecular formula is C12H11F2N3O2. The second-order valence-corrected chi connectivity index (χ2v) is 3.95. The van der Waals surface area contributed by atoms with E-state index in [1.807, 2.05) is 6.92 Å². The van der Waals surface area contributed by atoms with Crippen molar-refractivity contribution in [2.45, 2.75) is 19.8 Å². The van der Waals surface area contributed by atoms with E-state index in [0.29, 0.717) is 18.5 Å². The van der Waals surface area contributed by atoms with Gasteiger partial charge in [-0.1, -0.05) is 18.6 Å². The van der Waals surface area contributed by atoms with Gasteiger partial charge in [0, 0.05) is 6.07 Å². The van der Waals surface area contributed by atoms with Gasteiger partial charge < -0.3 is 5.11 Å². The van der Waals surface area contributed by atoms with Crippen LogP contribution in [0.15, 0.2) is 18.2 Å². The molecule has 0 saturated carbocycles. The first-order valence-electron chi connectivity index (χ1n) is 5.68. The van der Waals surface area contributed by atoms with Crippen LogP contribution in [-0.2, 0) is 6.42 Å². The molecule has 1 aromatic heterocycles. The number of hydrogen-bond acceptors (Lipinski definition) is 3. The molecule has 100 valence electrons. The molecule has 0 aliphatic heterocycles. The Kier molecular flexibility index (Phi) is 3.55. The molecule has 0 atom stereocenters. The monoisotopic (exact) mass is 267 g/mol. The summed E-state index contributed by atoms with van der Waals surface area (Å²) in [5.41, 5.74) is 0.426. The Bertz CT molecular complexity index is 625. The van der Waals surface area contributed by atoms with Gasteiger partial charge in [0.05, 0.1) is 11.4 Å². The van der Waals surface area contributed by atoms with Gasteiger partial charge in [-0.3, -0.25) is 0 Å². The second-order valence-electron chi connectivity index (χ2n) is 3.95. The maximum Gasteiger partial charge on any atom is 0.358 e. The number of aromatic carboxylic acids is 1. The lowest BCUT2D eigenvalue weighted by atomic mass is 10.2. The molecule has 0 aliphatic carbocycles. The van der Waals surface area contributed by atoms with Crippen LogP contribution in [0.4, 0.5) is 8.78 Å². The van der Waals surface area contributed by atoms with Crippen molar-refractivity contribution >= 4 is 5.97 Å². The molecule has 5 nitrogen and oxygen atoms in total. The number of hydrogen-bond donors (Lipinski definition) is 1. The van der Waals surface area contributed by atoms with E-state index in [1.165, 1.54) is 10.7 Å². The SMILES string of the molecule is CCCc1c(C(=O)O)nnn1-c1ccc(F)c(F)c1. The molecule has 2 aromatic rings. The van der Waals surface area contributed by atoms with Crippen LogP contribution in [-0.4, -0.2) is 26.1 Å². The number of nitrogens with zero attached hydrogens (tertiary/aromatic N) is 3. The molecule has 0 radical (unpaired) electrons. The number of aromatic nitrogens is 3. The summed E-state index contributed by atoms with van der Waals surface area (Å²) in [5, 5.41) is 16.3. The zero-order valence-corrected chi connectivity index (χ0v) is 10.1. The van der Waals surface area contributed by atoms with Crippen molar-refractivity contribution < 1.29 is 18.7 Å². The van der Waals surface area contributed by atoms with E-state index >= 15 is 0 Å². The van der Waals surface area contributed by atoms with Crippen molar-refractivity contribution in [3.05, 3.63) is 41.2 Å². The number of benzene rings is 1. The molecule has 1 N–H and O–H groups in total. The highest BCUT2D eigenvalue weighted by atomic mass is 19.2. The van der Waals surface area contributed by atoms with Gasteiger partial charge in [0.2, 0.25) is 0 Å². The number of carbonyl (C=O) groups is 1. The Labute approximate surface area is 107 Å². The van der Waals surface area contributed by atoms with Crippen molar-refractivity contribution in [3.8, 4) is 5.69 Å².